The summed E-state index contributed by atoms with van der Waals surface area (Å²) in [5.74, 6) is 0. The number of allylic oxidation sites excluding steroid dienone is 1. The first-order valence-corrected chi connectivity index (χ1v) is 7.28. The zero-order valence-electron chi connectivity index (χ0n) is 11.3. The average molecular weight is 252 g/mol. The van der Waals surface area contributed by atoms with Crippen molar-refractivity contribution in [2.24, 2.45) is 0 Å². The van der Waals surface area contributed by atoms with Gasteiger partial charge in [0.15, 0.2) is 0 Å². The Hall–Kier alpha value is -0.670. The van der Waals surface area contributed by atoms with Gasteiger partial charge >= 0.3 is 0 Å². The summed E-state index contributed by atoms with van der Waals surface area (Å²) in [6, 6.07) is 0.535. The molecular weight excluding hydrogens is 228 g/mol. The molecule has 3 heteroatoms. The average Bonchev–Trinajstić information content (AvgIpc) is 2.68. The molecule has 1 aromatic rings. The highest BCUT2D eigenvalue weighted by atomic mass is 32.1. The Morgan fingerprint density at radius 3 is 2.88 bits per heavy atom. The van der Waals surface area contributed by atoms with Crippen molar-refractivity contribution in [1.29, 1.82) is 0 Å². The summed E-state index contributed by atoms with van der Waals surface area (Å²) in [6.45, 7) is 11.4. The van der Waals surface area contributed by atoms with Gasteiger partial charge in [0.1, 0.15) is 0 Å². The van der Waals surface area contributed by atoms with E-state index in [-0.39, 0.29) is 0 Å². The molecule has 1 N–H and O–H groups in total. The van der Waals surface area contributed by atoms with Crippen LogP contribution in [0.3, 0.4) is 0 Å². The highest BCUT2D eigenvalue weighted by Crippen LogP contribution is 2.13. The molecule has 17 heavy (non-hydrogen) atoms. The summed E-state index contributed by atoms with van der Waals surface area (Å²) >= 11 is 1.74. The second-order valence-corrected chi connectivity index (χ2v) is 5.77. The monoisotopic (exact) mass is 252 g/mol. The number of nitrogens with one attached hydrogen (secondary N) is 1. The van der Waals surface area contributed by atoms with E-state index >= 15 is 0 Å². The van der Waals surface area contributed by atoms with Gasteiger partial charge in [-0.3, -0.25) is 0 Å². The van der Waals surface area contributed by atoms with Crippen molar-refractivity contribution in [3.05, 3.63) is 28.2 Å². The first kappa shape index (κ1) is 14.4. The fraction of sp³-hybridized carbons (Fsp3) is 0.643. The number of thiazole rings is 1. The van der Waals surface area contributed by atoms with E-state index in [1.54, 1.807) is 11.3 Å². The smallest absolute Gasteiger partial charge is 0.0897 e. The molecule has 0 aliphatic rings. The Balaban J connectivity index is 2.47. The standard InChI is InChI=1S/C14H24N2S/c1-5-8-15-13(7-6-11(2)3)9-14-10-17-12(4)16-14/h10,13,15H,2,5-9H2,1,3-4H3. The van der Waals surface area contributed by atoms with E-state index in [0.29, 0.717) is 6.04 Å². The minimum absolute atomic E-state index is 0.535. The normalized spacial score (nSPS) is 12.6. The lowest BCUT2D eigenvalue weighted by Gasteiger charge is -2.17. The number of hydrogen-bond donors (Lipinski definition) is 1. The van der Waals surface area contributed by atoms with Crippen LogP contribution >= 0.6 is 11.3 Å². The molecule has 0 bridgehead atoms. The second-order valence-electron chi connectivity index (χ2n) is 4.71. The highest BCUT2D eigenvalue weighted by Gasteiger charge is 2.10. The van der Waals surface area contributed by atoms with Crippen LogP contribution in [0.15, 0.2) is 17.5 Å². The van der Waals surface area contributed by atoms with Crippen LogP contribution in [-0.4, -0.2) is 17.6 Å². The molecule has 2 nitrogen and oxygen atoms in total. The van der Waals surface area contributed by atoms with Crippen LogP contribution < -0.4 is 5.32 Å². The number of aryl methyl sites for hydroxylation is 1. The van der Waals surface area contributed by atoms with E-state index < -0.39 is 0 Å². The molecule has 0 fully saturated rings. The molecule has 96 valence electrons. The Bertz CT molecular complexity index is 344. The second kappa shape index (κ2) is 7.62. The van der Waals surface area contributed by atoms with Gasteiger partial charge in [0, 0.05) is 17.8 Å². The molecule has 0 saturated carbocycles. The van der Waals surface area contributed by atoms with Crippen LogP contribution in [0.25, 0.3) is 0 Å². The van der Waals surface area contributed by atoms with Gasteiger partial charge in [0.25, 0.3) is 0 Å². The quantitative estimate of drug-likeness (QED) is 0.713. The van der Waals surface area contributed by atoms with Gasteiger partial charge in [0.2, 0.25) is 0 Å². The first-order chi connectivity index (χ1) is 8.11. The van der Waals surface area contributed by atoms with Crippen molar-refractivity contribution >= 4 is 11.3 Å². The molecule has 0 radical (unpaired) electrons. The third-order valence-electron chi connectivity index (χ3n) is 2.72. The SMILES string of the molecule is C=C(C)CCC(Cc1csc(C)n1)NCCC. The van der Waals surface area contributed by atoms with Crippen LogP contribution in [0, 0.1) is 6.92 Å². The number of nitrogens with zero attached hydrogens (tertiary/aromatic N) is 1. The molecule has 0 saturated heterocycles. The van der Waals surface area contributed by atoms with Crippen LogP contribution in [0.2, 0.25) is 0 Å². The number of rotatable bonds is 8. The van der Waals surface area contributed by atoms with Gasteiger partial charge in [-0.05, 0) is 39.7 Å². The summed E-state index contributed by atoms with van der Waals surface area (Å²) in [4.78, 5) is 4.54. The summed E-state index contributed by atoms with van der Waals surface area (Å²) < 4.78 is 0. The van der Waals surface area contributed by atoms with E-state index in [1.165, 1.54) is 17.7 Å². The Labute approximate surface area is 109 Å². The number of hydrogen-bond acceptors (Lipinski definition) is 3. The molecule has 1 aromatic heterocycles. The van der Waals surface area contributed by atoms with Crippen molar-refractivity contribution in [3.8, 4) is 0 Å². The zero-order chi connectivity index (χ0) is 12.7. The van der Waals surface area contributed by atoms with Crippen molar-refractivity contribution in [3.63, 3.8) is 0 Å². The topological polar surface area (TPSA) is 24.9 Å². The van der Waals surface area contributed by atoms with Gasteiger partial charge in [0.05, 0.1) is 10.7 Å². The Morgan fingerprint density at radius 2 is 2.35 bits per heavy atom. The van der Waals surface area contributed by atoms with Crippen molar-refractivity contribution in [2.75, 3.05) is 6.54 Å². The molecule has 0 spiro atoms. The van der Waals surface area contributed by atoms with Gasteiger partial charge < -0.3 is 5.32 Å². The lowest BCUT2D eigenvalue weighted by Crippen LogP contribution is -2.32. The molecule has 1 unspecified atom stereocenters. The Morgan fingerprint density at radius 1 is 1.59 bits per heavy atom. The summed E-state index contributed by atoms with van der Waals surface area (Å²) in [6.07, 6.45) is 4.48. The maximum absolute atomic E-state index is 4.54. The first-order valence-electron chi connectivity index (χ1n) is 6.40. The minimum atomic E-state index is 0.535. The van der Waals surface area contributed by atoms with Crippen molar-refractivity contribution in [1.82, 2.24) is 10.3 Å². The van der Waals surface area contributed by atoms with Gasteiger partial charge in [-0.25, -0.2) is 4.98 Å². The van der Waals surface area contributed by atoms with Gasteiger partial charge in [-0.2, -0.15) is 0 Å². The highest BCUT2D eigenvalue weighted by molar-refractivity contribution is 7.09. The molecule has 1 atom stereocenters. The third-order valence-corrected chi connectivity index (χ3v) is 3.55. The molecular formula is C14H24N2S. The summed E-state index contributed by atoms with van der Waals surface area (Å²) in [7, 11) is 0. The van der Waals surface area contributed by atoms with E-state index in [0.717, 1.165) is 30.8 Å². The van der Waals surface area contributed by atoms with Crippen LogP contribution in [-0.2, 0) is 6.42 Å². The molecule has 1 heterocycles. The van der Waals surface area contributed by atoms with Gasteiger partial charge in [-0.1, -0.05) is 12.5 Å². The third kappa shape index (κ3) is 5.99. The molecule has 1 rings (SSSR count). The van der Waals surface area contributed by atoms with Crippen LogP contribution in [0.1, 0.15) is 43.8 Å². The lowest BCUT2D eigenvalue weighted by molar-refractivity contribution is 0.474. The van der Waals surface area contributed by atoms with E-state index in [4.69, 9.17) is 0 Å². The molecule has 0 aliphatic carbocycles. The maximum Gasteiger partial charge on any atom is 0.0897 e. The summed E-state index contributed by atoms with van der Waals surface area (Å²) in [5.41, 5.74) is 2.49. The molecule has 0 aromatic carbocycles. The molecule has 0 aliphatic heterocycles. The van der Waals surface area contributed by atoms with Gasteiger partial charge in [-0.15, -0.1) is 17.9 Å². The van der Waals surface area contributed by atoms with Crippen LogP contribution in [0.4, 0.5) is 0 Å². The fourth-order valence-electron chi connectivity index (χ4n) is 1.80. The zero-order valence-corrected chi connectivity index (χ0v) is 12.1. The van der Waals surface area contributed by atoms with E-state index in [9.17, 15) is 0 Å². The Kier molecular flexibility index (Phi) is 6.45. The fourth-order valence-corrected chi connectivity index (χ4v) is 2.43. The largest absolute Gasteiger partial charge is 0.314 e. The molecule has 0 amide bonds. The maximum atomic E-state index is 4.54. The lowest BCUT2D eigenvalue weighted by atomic mass is 10.0. The van der Waals surface area contributed by atoms with Crippen LogP contribution in [0.5, 0.6) is 0 Å². The number of aromatic nitrogens is 1. The van der Waals surface area contributed by atoms with E-state index in [2.05, 4.69) is 43.0 Å². The van der Waals surface area contributed by atoms with E-state index in [1.807, 2.05) is 0 Å². The predicted molar refractivity (Wildman–Crippen MR) is 76.7 cm³/mol. The summed E-state index contributed by atoms with van der Waals surface area (Å²) in [5, 5.41) is 6.94. The minimum Gasteiger partial charge on any atom is -0.314 e. The van der Waals surface area contributed by atoms with Crippen molar-refractivity contribution < 1.29 is 0 Å². The predicted octanol–water partition coefficient (Wildman–Crippen LogP) is 3.72. The van der Waals surface area contributed by atoms with Crippen molar-refractivity contribution in [2.45, 2.75) is 52.5 Å².